The number of methoxy groups -OCH3 is 1. The highest BCUT2D eigenvalue weighted by atomic mass is 35.5. The van der Waals surface area contributed by atoms with Gasteiger partial charge in [-0.25, -0.2) is 0 Å². The fourth-order valence-electron chi connectivity index (χ4n) is 3.30. The first-order chi connectivity index (χ1) is 12.6. The second kappa shape index (κ2) is 8.35. The predicted octanol–water partition coefficient (Wildman–Crippen LogP) is 1.52. The molecule has 3 rings (SSSR count). The van der Waals surface area contributed by atoms with Crippen LogP contribution in [-0.2, 0) is 14.3 Å². The monoisotopic (exact) mass is 381 g/mol. The van der Waals surface area contributed by atoms with Gasteiger partial charge in [-0.3, -0.25) is 9.59 Å². The summed E-state index contributed by atoms with van der Waals surface area (Å²) in [6.07, 6.45) is 1.22. The number of piperidine rings is 1. The van der Waals surface area contributed by atoms with Crippen molar-refractivity contribution in [3.63, 3.8) is 0 Å². The first kappa shape index (κ1) is 19.1. The molecule has 0 unspecified atom stereocenters. The van der Waals surface area contributed by atoms with Gasteiger partial charge in [-0.05, 0) is 44.1 Å². The van der Waals surface area contributed by atoms with E-state index in [-0.39, 0.29) is 11.8 Å². The van der Waals surface area contributed by atoms with Crippen LogP contribution in [0.3, 0.4) is 0 Å². The Morgan fingerprint density at radius 2 is 1.96 bits per heavy atom. The van der Waals surface area contributed by atoms with Gasteiger partial charge in [-0.1, -0.05) is 11.6 Å². The Balaban J connectivity index is 1.70. The molecule has 1 aromatic rings. The van der Waals surface area contributed by atoms with Gasteiger partial charge in [-0.15, -0.1) is 0 Å². The van der Waals surface area contributed by atoms with E-state index in [1.807, 2.05) is 0 Å². The van der Waals surface area contributed by atoms with Gasteiger partial charge in [0, 0.05) is 25.9 Å². The number of ether oxygens (including phenoxy) is 2. The Morgan fingerprint density at radius 1 is 1.27 bits per heavy atom. The minimum absolute atomic E-state index is 0.122. The summed E-state index contributed by atoms with van der Waals surface area (Å²) in [6, 6.07) is 4.96. The van der Waals surface area contributed by atoms with Crippen molar-refractivity contribution in [2.24, 2.45) is 0 Å². The molecule has 0 saturated carbocycles. The molecular formula is C18H24ClN3O4. The van der Waals surface area contributed by atoms with Gasteiger partial charge >= 0.3 is 0 Å². The summed E-state index contributed by atoms with van der Waals surface area (Å²) in [7, 11) is 1.56. The topological polar surface area (TPSA) is 79.9 Å². The van der Waals surface area contributed by atoms with Gasteiger partial charge in [0.1, 0.15) is 5.60 Å². The maximum Gasteiger partial charge on any atom is 0.256 e. The minimum atomic E-state index is -0.833. The van der Waals surface area contributed by atoms with Crippen molar-refractivity contribution in [3.8, 4) is 0 Å². The molecule has 0 spiro atoms. The molecule has 0 radical (unpaired) electrons. The fraction of sp³-hybridized carbons (Fsp3) is 0.556. The molecule has 1 aromatic carbocycles. The molecule has 0 atom stereocenters. The highest BCUT2D eigenvalue weighted by Crippen LogP contribution is 2.27. The summed E-state index contributed by atoms with van der Waals surface area (Å²) in [5, 5.41) is 6.41. The Kier molecular flexibility index (Phi) is 6.13. The van der Waals surface area contributed by atoms with Gasteiger partial charge in [0.2, 0.25) is 0 Å². The minimum Gasteiger partial charge on any atom is -0.378 e. The molecule has 0 bridgehead atoms. The van der Waals surface area contributed by atoms with Crippen LogP contribution in [0.4, 0.5) is 5.69 Å². The lowest BCUT2D eigenvalue weighted by molar-refractivity contribution is -0.140. The van der Waals surface area contributed by atoms with Crippen LogP contribution in [0.5, 0.6) is 0 Å². The quantitative estimate of drug-likeness (QED) is 0.826. The number of halogens is 1. The van der Waals surface area contributed by atoms with Crippen LogP contribution in [0.25, 0.3) is 0 Å². The van der Waals surface area contributed by atoms with Gasteiger partial charge in [-0.2, -0.15) is 0 Å². The van der Waals surface area contributed by atoms with Gasteiger partial charge in [0.15, 0.2) is 0 Å². The van der Waals surface area contributed by atoms with E-state index in [1.54, 1.807) is 30.2 Å². The van der Waals surface area contributed by atoms with Crippen LogP contribution in [0.15, 0.2) is 18.2 Å². The maximum atomic E-state index is 12.7. The average molecular weight is 382 g/mol. The van der Waals surface area contributed by atoms with Gasteiger partial charge < -0.3 is 25.0 Å². The highest BCUT2D eigenvalue weighted by Gasteiger charge is 2.39. The summed E-state index contributed by atoms with van der Waals surface area (Å²) < 4.78 is 10.8. The number of amides is 2. The third kappa shape index (κ3) is 4.01. The normalized spacial score (nSPS) is 19.8. The van der Waals surface area contributed by atoms with Crippen LogP contribution in [-0.4, -0.2) is 68.8 Å². The second-order valence-corrected chi connectivity index (χ2v) is 6.91. The lowest BCUT2D eigenvalue weighted by Gasteiger charge is -2.34. The van der Waals surface area contributed by atoms with E-state index in [1.165, 1.54) is 0 Å². The number of morpholine rings is 1. The fourth-order valence-corrected chi connectivity index (χ4v) is 3.56. The van der Waals surface area contributed by atoms with Crippen molar-refractivity contribution in [2.75, 3.05) is 51.8 Å². The largest absolute Gasteiger partial charge is 0.378 e. The van der Waals surface area contributed by atoms with Crippen LogP contribution in [0.1, 0.15) is 23.2 Å². The van der Waals surface area contributed by atoms with E-state index in [4.69, 9.17) is 21.1 Å². The number of anilines is 1. The maximum absolute atomic E-state index is 12.7. The predicted molar refractivity (Wildman–Crippen MR) is 98.6 cm³/mol. The third-order valence-corrected chi connectivity index (χ3v) is 5.28. The molecule has 2 aliphatic heterocycles. The molecule has 2 N–H and O–H groups in total. The van der Waals surface area contributed by atoms with Gasteiger partial charge in [0.05, 0.1) is 23.8 Å². The van der Waals surface area contributed by atoms with Crippen LogP contribution in [0, 0.1) is 0 Å². The molecule has 0 aromatic heterocycles. The zero-order valence-corrected chi connectivity index (χ0v) is 15.6. The first-order valence-corrected chi connectivity index (χ1v) is 9.17. The number of hydrogen-bond donors (Lipinski definition) is 2. The molecule has 142 valence electrons. The molecule has 2 saturated heterocycles. The number of carbonyl (C=O) groups is 2. The molecule has 0 aliphatic carbocycles. The number of hydrogen-bond acceptors (Lipinski definition) is 5. The van der Waals surface area contributed by atoms with E-state index in [2.05, 4.69) is 10.6 Å². The van der Waals surface area contributed by atoms with Crippen LogP contribution < -0.4 is 10.6 Å². The summed E-state index contributed by atoms with van der Waals surface area (Å²) in [6.45, 7) is 3.64. The molecule has 2 heterocycles. The van der Waals surface area contributed by atoms with E-state index in [9.17, 15) is 9.59 Å². The standard InChI is InChI=1S/C18H24ClN3O4/c1-25-18(4-6-20-7-5-18)17(24)21-13-2-3-14(15(19)12-13)16(23)22-8-10-26-11-9-22/h2-3,12,20H,4-11H2,1H3,(H,21,24). The smallest absolute Gasteiger partial charge is 0.256 e. The van der Waals surface area contributed by atoms with Crippen LogP contribution >= 0.6 is 11.6 Å². The Morgan fingerprint density at radius 3 is 2.58 bits per heavy atom. The molecule has 2 fully saturated rings. The second-order valence-electron chi connectivity index (χ2n) is 6.50. The molecule has 7 nitrogen and oxygen atoms in total. The van der Waals surface area contributed by atoms with E-state index in [0.717, 1.165) is 13.1 Å². The van der Waals surface area contributed by atoms with E-state index < -0.39 is 5.60 Å². The Labute approximate surface area is 158 Å². The Hall–Kier alpha value is -1.67. The molecule has 8 heteroatoms. The van der Waals surface area contributed by atoms with E-state index in [0.29, 0.717) is 55.4 Å². The first-order valence-electron chi connectivity index (χ1n) is 8.80. The lowest BCUT2D eigenvalue weighted by Crippen LogP contribution is -2.51. The Bertz CT molecular complexity index is 670. The zero-order chi connectivity index (χ0) is 18.6. The number of nitrogens with one attached hydrogen (secondary N) is 2. The number of carbonyl (C=O) groups excluding carboxylic acids is 2. The lowest BCUT2D eigenvalue weighted by atomic mass is 9.91. The SMILES string of the molecule is COC1(C(=O)Nc2ccc(C(=O)N3CCOCC3)c(Cl)c2)CCNCC1. The number of rotatable bonds is 4. The molecule has 2 amide bonds. The van der Waals surface area contributed by atoms with E-state index >= 15 is 0 Å². The van der Waals surface area contributed by atoms with Crippen molar-refractivity contribution < 1.29 is 19.1 Å². The third-order valence-electron chi connectivity index (χ3n) is 4.97. The van der Waals surface area contributed by atoms with Crippen molar-refractivity contribution in [1.82, 2.24) is 10.2 Å². The summed E-state index contributed by atoms with van der Waals surface area (Å²) >= 11 is 6.31. The molecule has 26 heavy (non-hydrogen) atoms. The number of nitrogens with zero attached hydrogens (tertiary/aromatic N) is 1. The molecular weight excluding hydrogens is 358 g/mol. The summed E-state index contributed by atoms with van der Waals surface area (Å²) in [5.41, 5.74) is 0.142. The highest BCUT2D eigenvalue weighted by molar-refractivity contribution is 6.34. The number of benzene rings is 1. The van der Waals surface area contributed by atoms with Crippen molar-refractivity contribution in [3.05, 3.63) is 28.8 Å². The summed E-state index contributed by atoms with van der Waals surface area (Å²) in [5.74, 6) is -0.312. The average Bonchev–Trinajstić information content (AvgIpc) is 2.68. The van der Waals surface area contributed by atoms with Crippen LogP contribution in [0.2, 0.25) is 5.02 Å². The van der Waals surface area contributed by atoms with Crippen molar-refractivity contribution >= 4 is 29.1 Å². The zero-order valence-electron chi connectivity index (χ0n) is 14.8. The van der Waals surface area contributed by atoms with Crippen molar-refractivity contribution in [2.45, 2.75) is 18.4 Å². The molecule has 2 aliphatic rings. The van der Waals surface area contributed by atoms with Crippen molar-refractivity contribution in [1.29, 1.82) is 0 Å². The van der Waals surface area contributed by atoms with Gasteiger partial charge in [0.25, 0.3) is 11.8 Å². The summed E-state index contributed by atoms with van der Waals surface area (Å²) in [4.78, 5) is 27.0.